The fourth-order valence-electron chi connectivity index (χ4n) is 9.49. The van der Waals surface area contributed by atoms with E-state index in [9.17, 15) is 15.3 Å². The minimum Gasteiger partial charge on any atom is -0.393 e. The first kappa shape index (κ1) is 22.1. The van der Waals surface area contributed by atoms with E-state index < -0.39 is 0 Å². The summed E-state index contributed by atoms with van der Waals surface area (Å²) in [6.45, 7) is 14.0. The van der Waals surface area contributed by atoms with Crippen molar-refractivity contribution in [2.24, 2.45) is 58.2 Å². The van der Waals surface area contributed by atoms with Gasteiger partial charge in [-0.05, 0) is 103 Å². The van der Waals surface area contributed by atoms with Crippen LogP contribution in [0.1, 0.15) is 86.5 Å². The number of hydrogen-bond donors (Lipinski definition) is 3. The molecule has 0 aromatic heterocycles. The van der Waals surface area contributed by atoms with Gasteiger partial charge < -0.3 is 15.3 Å². The van der Waals surface area contributed by atoms with Crippen LogP contribution in [0.3, 0.4) is 0 Å². The lowest BCUT2D eigenvalue weighted by atomic mass is 9.41. The number of fused-ring (bicyclic) bond motifs is 5. The fourth-order valence-corrected chi connectivity index (χ4v) is 9.49. The molecule has 0 aromatic rings. The van der Waals surface area contributed by atoms with Gasteiger partial charge in [-0.15, -0.1) is 0 Å². The van der Waals surface area contributed by atoms with Crippen molar-refractivity contribution in [1.29, 1.82) is 0 Å². The summed E-state index contributed by atoms with van der Waals surface area (Å²) in [5, 5.41) is 33.5. The third-order valence-electron chi connectivity index (χ3n) is 10.8. The van der Waals surface area contributed by atoms with Crippen molar-refractivity contribution in [3.8, 4) is 0 Å². The Morgan fingerprint density at radius 1 is 0.897 bits per heavy atom. The molecular formula is C26H46O3. The second-order valence-corrected chi connectivity index (χ2v) is 12.6. The van der Waals surface area contributed by atoms with Crippen LogP contribution in [0, 0.1) is 58.2 Å². The van der Waals surface area contributed by atoms with E-state index in [1.54, 1.807) is 0 Å². The van der Waals surface area contributed by atoms with Crippen LogP contribution in [0.25, 0.3) is 0 Å². The summed E-state index contributed by atoms with van der Waals surface area (Å²) in [6, 6.07) is 0. The van der Waals surface area contributed by atoms with E-state index in [4.69, 9.17) is 0 Å². The average Bonchev–Trinajstić information content (AvgIpc) is 3.00. The Balaban J connectivity index is 1.68. The highest BCUT2D eigenvalue weighted by molar-refractivity contribution is 5.15. The van der Waals surface area contributed by atoms with Gasteiger partial charge in [-0.2, -0.15) is 0 Å². The van der Waals surface area contributed by atoms with Crippen molar-refractivity contribution < 1.29 is 15.3 Å². The van der Waals surface area contributed by atoms with E-state index in [2.05, 4.69) is 41.5 Å². The van der Waals surface area contributed by atoms with Gasteiger partial charge in [0.15, 0.2) is 0 Å². The quantitative estimate of drug-likeness (QED) is 0.626. The van der Waals surface area contributed by atoms with Crippen molar-refractivity contribution in [2.75, 3.05) is 0 Å². The van der Waals surface area contributed by atoms with Crippen LogP contribution in [-0.2, 0) is 0 Å². The van der Waals surface area contributed by atoms with Crippen molar-refractivity contribution in [2.45, 2.75) is 105 Å². The van der Waals surface area contributed by atoms with Crippen LogP contribution in [0.2, 0.25) is 0 Å². The lowest BCUT2D eigenvalue weighted by Gasteiger charge is -2.65. The fraction of sp³-hybridized carbons (Fsp3) is 1.00. The van der Waals surface area contributed by atoms with E-state index in [0.717, 1.165) is 32.1 Å². The third-order valence-corrected chi connectivity index (χ3v) is 10.8. The van der Waals surface area contributed by atoms with E-state index in [0.29, 0.717) is 41.4 Å². The van der Waals surface area contributed by atoms with Crippen LogP contribution < -0.4 is 0 Å². The minimum absolute atomic E-state index is 0.0620. The molecule has 3 unspecified atom stereocenters. The molecule has 0 spiro atoms. The van der Waals surface area contributed by atoms with Gasteiger partial charge in [-0.3, -0.25) is 0 Å². The minimum atomic E-state index is -0.292. The van der Waals surface area contributed by atoms with Gasteiger partial charge >= 0.3 is 0 Å². The molecule has 0 saturated heterocycles. The number of aliphatic hydroxyl groups is 3. The van der Waals surface area contributed by atoms with Crippen LogP contribution in [0.15, 0.2) is 0 Å². The van der Waals surface area contributed by atoms with Crippen LogP contribution in [0.5, 0.6) is 0 Å². The number of hydrogen-bond acceptors (Lipinski definition) is 3. The van der Waals surface area contributed by atoms with E-state index in [1.807, 2.05) is 0 Å². The molecule has 0 heterocycles. The molecule has 0 radical (unpaired) electrons. The average molecular weight is 407 g/mol. The summed E-state index contributed by atoms with van der Waals surface area (Å²) in [5.41, 5.74) is 0.0834. The standard InChI is InChI=1S/C26H46O3/c1-14(2)11-15(3)18-7-8-19-23-21(13-22(28)26(18,19)6)25(5)10-9-17(27)12-20(25)16(4)24(23)29/h14-24,27-29H,7-13H2,1-6H3/t15-,16-,17-,18-,19?,20+,21?,22+,23?,24-,25+,26-/m1/s1. The normalized spacial score (nSPS) is 55.9. The molecule has 12 atom stereocenters. The molecule has 4 aliphatic rings. The Bertz CT molecular complexity index is 605. The zero-order chi connectivity index (χ0) is 21.3. The van der Waals surface area contributed by atoms with Crippen molar-refractivity contribution in [3.63, 3.8) is 0 Å². The van der Waals surface area contributed by atoms with Crippen molar-refractivity contribution in [3.05, 3.63) is 0 Å². The van der Waals surface area contributed by atoms with Gasteiger partial charge in [0.25, 0.3) is 0 Å². The van der Waals surface area contributed by atoms with Crippen molar-refractivity contribution in [1.82, 2.24) is 0 Å². The Labute approximate surface area is 178 Å². The lowest BCUT2D eigenvalue weighted by Crippen LogP contribution is -2.64. The molecule has 168 valence electrons. The zero-order valence-electron chi connectivity index (χ0n) is 19.6. The summed E-state index contributed by atoms with van der Waals surface area (Å²) in [5.74, 6) is 3.62. The van der Waals surface area contributed by atoms with Crippen LogP contribution in [0.4, 0.5) is 0 Å². The molecule has 0 aliphatic heterocycles. The molecule has 3 nitrogen and oxygen atoms in total. The number of rotatable bonds is 3. The Morgan fingerprint density at radius 2 is 1.59 bits per heavy atom. The zero-order valence-corrected chi connectivity index (χ0v) is 19.6. The Hall–Kier alpha value is -0.120. The summed E-state index contributed by atoms with van der Waals surface area (Å²) in [7, 11) is 0. The predicted molar refractivity (Wildman–Crippen MR) is 117 cm³/mol. The van der Waals surface area contributed by atoms with E-state index >= 15 is 0 Å². The summed E-state index contributed by atoms with van der Waals surface area (Å²) >= 11 is 0. The van der Waals surface area contributed by atoms with Gasteiger partial charge in [0.1, 0.15) is 0 Å². The first-order chi connectivity index (χ1) is 13.5. The van der Waals surface area contributed by atoms with Gasteiger partial charge in [0.2, 0.25) is 0 Å². The monoisotopic (exact) mass is 406 g/mol. The molecule has 4 aliphatic carbocycles. The van der Waals surface area contributed by atoms with E-state index in [1.165, 1.54) is 12.8 Å². The molecule has 4 saturated carbocycles. The highest BCUT2D eigenvalue weighted by atomic mass is 16.3. The highest BCUT2D eigenvalue weighted by Gasteiger charge is 2.67. The molecule has 0 aromatic carbocycles. The maximum Gasteiger partial charge on any atom is 0.0602 e. The number of aliphatic hydroxyl groups excluding tert-OH is 3. The van der Waals surface area contributed by atoms with Gasteiger partial charge in [0.05, 0.1) is 18.3 Å². The first-order valence-electron chi connectivity index (χ1n) is 12.6. The molecular weight excluding hydrogens is 360 g/mol. The predicted octanol–water partition coefficient (Wildman–Crippen LogP) is 4.88. The molecule has 0 amide bonds. The van der Waals surface area contributed by atoms with Gasteiger partial charge in [-0.1, -0.05) is 41.5 Å². The maximum atomic E-state index is 11.6. The second-order valence-electron chi connectivity index (χ2n) is 12.6. The molecule has 0 bridgehead atoms. The smallest absolute Gasteiger partial charge is 0.0602 e. The molecule has 3 N–H and O–H groups in total. The van der Waals surface area contributed by atoms with Gasteiger partial charge in [-0.25, -0.2) is 0 Å². The second kappa shape index (κ2) is 7.48. The Morgan fingerprint density at radius 3 is 2.24 bits per heavy atom. The summed E-state index contributed by atoms with van der Waals surface area (Å²) in [6.07, 6.45) is 6.41. The van der Waals surface area contributed by atoms with Crippen LogP contribution in [-0.4, -0.2) is 33.6 Å². The first-order valence-corrected chi connectivity index (χ1v) is 12.6. The van der Waals surface area contributed by atoms with Crippen LogP contribution >= 0.6 is 0 Å². The lowest BCUT2D eigenvalue weighted by molar-refractivity contribution is -0.225. The molecule has 3 heteroatoms. The maximum absolute atomic E-state index is 11.6. The van der Waals surface area contributed by atoms with E-state index in [-0.39, 0.29) is 35.1 Å². The topological polar surface area (TPSA) is 60.7 Å². The van der Waals surface area contributed by atoms with Crippen molar-refractivity contribution >= 4 is 0 Å². The SMILES string of the molecule is CC(C)C[C@@H](C)[C@H]1CCC2C3C(C[C@H](O)[C@@]21C)[C@@]1(C)CC[C@@H](O)C[C@H]1[C@@H](C)[C@H]3O. The summed E-state index contributed by atoms with van der Waals surface area (Å²) < 4.78 is 0. The Kier molecular flexibility index (Phi) is 5.70. The molecule has 4 rings (SSSR count). The third kappa shape index (κ3) is 3.16. The largest absolute Gasteiger partial charge is 0.393 e. The highest BCUT2D eigenvalue weighted by Crippen LogP contribution is 2.69. The summed E-state index contributed by atoms with van der Waals surface area (Å²) in [4.78, 5) is 0. The molecule has 29 heavy (non-hydrogen) atoms. The molecule has 4 fully saturated rings. The van der Waals surface area contributed by atoms with Gasteiger partial charge in [0, 0.05) is 0 Å².